The smallest absolute Gasteiger partial charge is 0.336 e. The number of hydrogen-bond acceptors (Lipinski definition) is 4. The standard InChI is InChI=1S/C25H24N4O3/c1-3-29-23-13-16(24(26)27)8-10-20(23)22(28-29)12-15-6-4-5-7-18(15)19-11-9-17(32-2)14-21(19)25(30)31/h4-11,13-14H,3,12H2,1-2H3,(H3,26,27)(H,30,31). The lowest BCUT2D eigenvalue weighted by Gasteiger charge is -2.13. The summed E-state index contributed by atoms with van der Waals surface area (Å²) in [4.78, 5) is 11.9. The number of amidine groups is 1. The number of aryl methyl sites for hydroxylation is 1. The summed E-state index contributed by atoms with van der Waals surface area (Å²) in [6, 6.07) is 18.5. The van der Waals surface area contributed by atoms with E-state index in [0.717, 1.165) is 27.7 Å². The van der Waals surface area contributed by atoms with Crippen LogP contribution in [0.4, 0.5) is 0 Å². The van der Waals surface area contributed by atoms with Crippen molar-refractivity contribution >= 4 is 22.7 Å². The lowest BCUT2D eigenvalue weighted by Crippen LogP contribution is -2.10. The molecule has 4 rings (SSSR count). The molecule has 7 heteroatoms. The van der Waals surface area contributed by atoms with E-state index >= 15 is 0 Å². The molecule has 0 atom stereocenters. The van der Waals surface area contributed by atoms with Crippen molar-refractivity contribution in [2.75, 3.05) is 7.11 Å². The van der Waals surface area contributed by atoms with Crippen LogP contribution in [0.5, 0.6) is 5.75 Å². The summed E-state index contributed by atoms with van der Waals surface area (Å²) in [6.45, 7) is 2.70. The Morgan fingerprint density at radius 2 is 1.91 bits per heavy atom. The molecule has 0 aliphatic rings. The maximum atomic E-state index is 11.9. The minimum absolute atomic E-state index is 0.0170. The molecule has 3 aromatic carbocycles. The van der Waals surface area contributed by atoms with Crippen LogP contribution in [0.1, 0.15) is 34.1 Å². The molecule has 0 aliphatic carbocycles. The zero-order valence-corrected chi connectivity index (χ0v) is 17.9. The van der Waals surface area contributed by atoms with Crippen LogP contribution >= 0.6 is 0 Å². The summed E-state index contributed by atoms with van der Waals surface area (Å²) in [5, 5.41) is 23.3. The van der Waals surface area contributed by atoms with E-state index < -0.39 is 5.97 Å². The van der Waals surface area contributed by atoms with E-state index in [-0.39, 0.29) is 11.4 Å². The first-order valence-electron chi connectivity index (χ1n) is 10.3. The van der Waals surface area contributed by atoms with E-state index in [4.69, 9.17) is 21.0 Å². The predicted octanol–water partition coefficient (Wildman–Crippen LogP) is 4.30. The molecule has 0 saturated heterocycles. The number of carboxylic acids is 1. The predicted molar refractivity (Wildman–Crippen MR) is 125 cm³/mol. The number of aromatic nitrogens is 2. The average molecular weight is 428 g/mol. The number of rotatable bonds is 7. The van der Waals surface area contributed by atoms with Gasteiger partial charge in [0.1, 0.15) is 11.6 Å². The minimum atomic E-state index is -1.01. The topological polar surface area (TPSA) is 114 Å². The number of hydrogen-bond donors (Lipinski definition) is 3. The molecule has 32 heavy (non-hydrogen) atoms. The first-order valence-corrected chi connectivity index (χ1v) is 10.3. The quantitative estimate of drug-likeness (QED) is 0.300. The fourth-order valence-electron chi connectivity index (χ4n) is 3.96. The Bertz CT molecular complexity index is 1340. The van der Waals surface area contributed by atoms with Crippen LogP contribution < -0.4 is 10.5 Å². The second-order valence-electron chi connectivity index (χ2n) is 7.46. The summed E-state index contributed by atoms with van der Waals surface area (Å²) in [7, 11) is 1.52. The number of fused-ring (bicyclic) bond motifs is 1. The third-order valence-corrected chi connectivity index (χ3v) is 5.56. The van der Waals surface area contributed by atoms with E-state index in [1.165, 1.54) is 7.11 Å². The van der Waals surface area contributed by atoms with Gasteiger partial charge in [-0.05, 0) is 47.9 Å². The van der Waals surface area contributed by atoms with Crippen LogP contribution in [0, 0.1) is 5.41 Å². The van der Waals surface area contributed by atoms with Crippen LogP contribution in [0.15, 0.2) is 60.7 Å². The molecule has 0 unspecified atom stereocenters. The number of aromatic carboxylic acids is 1. The van der Waals surface area contributed by atoms with Gasteiger partial charge in [-0.2, -0.15) is 5.10 Å². The lowest BCUT2D eigenvalue weighted by atomic mass is 9.92. The Labute approximate surface area is 185 Å². The van der Waals surface area contributed by atoms with E-state index in [1.807, 2.05) is 54.1 Å². The van der Waals surface area contributed by atoms with Crippen molar-refractivity contribution in [2.24, 2.45) is 5.73 Å². The number of nitrogens with zero attached hydrogens (tertiary/aromatic N) is 2. The lowest BCUT2D eigenvalue weighted by molar-refractivity contribution is 0.0697. The summed E-state index contributed by atoms with van der Waals surface area (Å²) < 4.78 is 7.11. The van der Waals surface area contributed by atoms with Gasteiger partial charge in [0.05, 0.1) is 23.9 Å². The molecule has 0 fully saturated rings. The van der Waals surface area contributed by atoms with Gasteiger partial charge in [-0.15, -0.1) is 0 Å². The van der Waals surface area contributed by atoms with E-state index in [9.17, 15) is 9.90 Å². The molecule has 4 N–H and O–H groups in total. The second kappa shape index (κ2) is 8.55. The van der Waals surface area contributed by atoms with Gasteiger partial charge in [0, 0.05) is 23.9 Å². The third-order valence-electron chi connectivity index (χ3n) is 5.56. The van der Waals surface area contributed by atoms with Gasteiger partial charge in [-0.25, -0.2) is 4.79 Å². The van der Waals surface area contributed by atoms with Crippen molar-refractivity contribution in [1.29, 1.82) is 5.41 Å². The van der Waals surface area contributed by atoms with Crippen molar-refractivity contribution < 1.29 is 14.6 Å². The second-order valence-corrected chi connectivity index (χ2v) is 7.46. The molecule has 0 amide bonds. The number of methoxy groups -OCH3 is 1. The average Bonchev–Trinajstić information content (AvgIpc) is 3.15. The van der Waals surface area contributed by atoms with Crippen molar-refractivity contribution in [3.05, 3.63) is 83.0 Å². The third kappa shape index (κ3) is 3.80. The molecule has 162 valence electrons. The first kappa shape index (κ1) is 21.1. The Morgan fingerprint density at radius 3 is 2.59 bits per heavy atom. The fraction of sp³-hybridized carbons (Fsp3) is 0.160. The van der Waals surface area contributed by atoms with Crippen LogP contribution in [0.25, 0.3) is 22.0 Å². The molecule has 7 nitrogen and oxygen atoms in total. The maximum absolute atomic E-state index is 11.9. The maximum Gasteiger partial charge on any atom is 0.336 e. The fourth-order valence-corrected chi connectivity index (χ4v) is 3.96. The summed E-state index contributed by atoms with van der Waals surface area (Å²) in [5.41, 5.74) is 10.8. The van der Waals surface area contributed by atoms with Crippen molar-refractivity contribution in [3.8, 4) is 16.9 Å². The number of benzene rings is 3. The largest absolute Gasteiger partial charge is 0.497 e. The Hall–Kier alpha value is -4.13. The van der Waals surface area contributed by atoms with Crippen LogP contribution in [-0.4, -0.2) is 33.8 Å². The first-order chi connectivity index (χ1) is 15.4. The number of nitrogens with one attached hydrogen (secondary N) is 1. The Kier molecular flexibility index (Phi) is 5.64. The summed E-state index contributed by atoms with van der Waals surface area (Å²) in [6.07, 6.45) is 0.532. The molecule has 0 radical (unpaired) electrons. The van der Waals surface area contributed by atoms with Gasteiger partial charge in [0.25, 0.3) is 0 Å². The van der Waals surface area contributed by atoms with Gasteiger partial charge in [-0.1, -0.05) is 36.4 Å². The highest BCUT2D eigenvalue weighted by molar-refractivity contribution is 5.99. The molecule has 0 aliphatic heterocycles. The zero-order valence-electron chi connectivity index (χ0n) is 17.9. The highest BCUT2D eigenvalue weighted by Gasteiger charge is 2.18. The zero-order chi connectivity index (χ0) is 22.8. The SMILES string of the molecule is CCn1nc(Cc2ccccc2-c2ccc(OC)cc2C(=O)O)c2ccc(C(=N)N)cc21. The Balaban J connectivity index is 1.83. The van der Waals surface area contributed by atoms with Crippen molar-refractivity contribution in [1.82, 2.24) is 9.78 Å². The number of carboxylic acid groups (broad SMARTS) is 1. The molecule has 1 heterocycles. The van der Waals surface area contributed by atoms with Gasteiger partial charge in [0.2, 0.25) is 0 Å². The van der Waals surface area contributed by atoms with E-state index in [0.29, 0.717) is 29.8 Å². The van der Waals surface area contributed by atoms with Gasteiger partial charge in [0.15, 0.2) is 0 Å². The molecule has 4 aromatic rings. The monoisotopic (exact) mass is 428 g/mol. The van der Waals surface area contributed by atoms with Gasteiger partial charge >= 0.3 is 5.97 Å². The van der Waals surface area contributed by atoms with Gasteiger partial charge < -0.3 is 15.6 Å². The van der Waals surface area contributed by atoms with E-state index in [1.54, 1.807) is 18.2 Å². The number of ether oxygens (including phenoxy) is 1. The Morgan fingerprint density at radius 1 is 1.12 bits per heavy atom. The van der Waals surface area contributed by atoms with Crippen molar-refractivity contribution in [3.63, 3.8) is 0 Å². The molecular formula is C25H24N4O3. The minimum Gasteiger partial charge on any atom is -0.497 e. The number of nitrogens with two attached hydrogens (primary N) is 1. The summed E-state index contributed by atoms with van der Waals surface area (Å²) >= 11 is 0. The molecule has 0 spiro atoms. The molecule has 0 bridgehead atoms. The highest BCUT2D eigenvalue weighted by Crippen LogP contribution is 2.32. The number of nitrogen functional groups attached to an aromatic ring is 1. The van der Waals surface area contributed by atoms with Crippen LogP contribution in [-0.2, 0) is 13.0 Å². The molecule has 1 aromatic heterocycles. The normalized spacial score (nSPS) is 10.9. The van der Waals surface area contributed by atoms with E-state index in [2.05, 4.69) is 0 Å². The van der Waals surface area contributed by atoms with Crippen LogP contribution in [0.3, 0.4) is 0 Å². The summed E-state index contributed by atoms with van der Waals surface area (Å²) in [5.74, 6) is -0.493. The van der Waals surface area contributed by atoms with Crippen LogP contribution in [0.2, 0.25) is 0 Å². The molecule has 0 saturated carbocycles. The molecular weight excluding hydrogens is 404 g/mol. The van der Waals surface area contributed by atoms with Crippen molar-refractivity contribution in [2.45, 2.75) is 19.9 Å². The highest BCUT2D eigenvalue weighted by atomic mass is 16.5. The number of carbonyl (C=O) groups is 1. The van der Waals surface area contributed by atoms with Gasteiger partial charge in [-0.3, -0.25) is 10.1 Å².